The minimum Gasteiger partial charge on any atom is -0.443 e. The lowest BCUT2D eigenvalue weighted by atomic mass is 10.2. The van der Waals surface area contributed by atoms with Crippen molar-refractivity contribution in [3.05, 3.63) is 48.6 Å². The summed E-state index contributed by atoms with van der Waals surface area (Å²) in [6, 6.07) is 0. The van der Waals surface area contributed by atoms with E-state index in [0.29, 0.717) is 30.9 Å². The number of ether oxygens (including phenoxy) is 2. The second kappa shape index (κ2) is 33.5. The van der Waals surface area contributed by atoms with Crippen molar-refractivity contribution in [3.8, 4) is 0 Å². The molecule has 286 valence electrons. The fraction of sp³-hybridized carbons (Fsp3) is 0.643. The van der Waals surface area contributed by atoms with Crippen LogP contribution in [0.3, 0.4) is 0 Å². The molecule has 0 unspecified atom stereocenters. The molecule has 0 atom stereocenters. The highest BCUT2D eigenvalue weighted by molar-refractivity contribution is 8.26. The summed E-state index contributed by atoms with van der Waals surface area (Å²) < 4.78 is 54.1. The molecular formula is C28H54Cl2FN3O12S2. The Hall–Kier alpha value is -1.97. The van der Waals surface area contributed by atoms with Gasteiger partial charge in [-0.25, -0.2) is 24.2 Å². The van der Waals surface area contributed by atoms with E-state index in [1.807, 2.05) is 0 Å². The van der Waals surface area contributed by atoms with E-state index < -0.39 is 51.1 Å². The van der Waals surface area contributed by atoms with Crippen molar-refractivity contribution in [2.45, 2.75) is 59.2 Å². The van der Waals surface area contributed by atoms with Crippen LogP contribution in [0.15, 0.2) is 48.6 Å². The predicted octanol–water partition coefficient (Wildman–Crippen LogP) is 3.42. The Bertz CT molecular complexity index is 980. The third kappa shape index (κ3) is 48.4. The number of hydrogen-bond acceptors (Lipinski definition) is 13. The average Bonchev–Trinajstić information content (AvgIpc) is 2.97. The van der Waals surface area contributed by atoms with E-state index in [9.17, 15) is 18.2 Å². The van der Waals surface area contributed by atoms with Gasteiger partial charge in [-0.15, -0.1) is 0 Å². The number of carbonyl (C=O) groups is 2. The van der Waals surface area contributed by atoms with Crippen molar-refractivity contribution in [1.82, 2.24) is 10.4 Å². The van der Waals surface area contributed by atoms with Crippen molar-refractivity contribution in [3.63, 3.8) is 0 Å². The molecule has 0 aliphatic carbocycles. The van der Waals surface area contributed by atoms with Crippen molar-refractivity contribution < 1.29 is 62.0 Å². The Morgan fingerprint density at radius 1 is 0.979 bits per heavy atom. The quantitative estimate of drug-likeness (QED) is 0.118. The zero-order valence-electron chi connectivity index (χ0n) is 29.4. The van der Waals surface area contributed by atoms with Gasteiger partial charge in [0.15, 0.2) is 0 Å². The maximum atomic E-state index is 12.0. The molecule has 2 amide bonds. The van der Waals surface area contributed by atoms with E-state index in [4.69, 9.17) is 41.2 Å². The Kier molecular flexibility index (Phi) is 36.9. The van der Waals surface area contributed by atoms with Crippen molar-refractivity contribution in [2.24, 2.45) is 5.73 Å². The first-order chi connectivity index (χ1) is 22.4. The van der Waals surface area contributed by atoms with Gasteiger partial charge in [0, 0.05) is 21.4 Å². The number of halogens is 3. The number of aliphatic hydroxyl groups is 4. The number of nitrogens with zero attached hydrogens (tertiary/aromatic N) is 1. The molecule has 0 aromatic carbocycles. The maximum absolute atomic E-state index is 12.0. The van der Waals surface area contributed by atoms with Crippen molar-refractivity contribution >= 4 is 54.1 Å². The second-order valence-electron chi connectivity index (χ2n) is 10.8. The van der Waals surface area contributed by atoms with Gasteiger partial charge in [0.05, 0.1) is 54.7 Å². The predicted molar refractivity (Wildman–Crippen MR) is 188 cm³/mol. The molecule has 1 fully saturated rings. The lowest BCUT2D eigenvalue weighted by molar-refractivity contribution is 0.00310. The summed E-state index contributed by atoms with van der Waals surface area (Å²) in [5.74, 6) is 0. The normalized spacial score (nSPS) is 12.5. The van der Waals surface area contributed by atoms with E-state index in [1.54, 1.807) is 41.5 Å². The topological polar surface area (TPSA) is 227 Å². The first-order valence-corrected chi connectivity index (χ1v) is 17.3. The molecule has 20 heteroatoms. The first-order valence-electron chi connectivity index (χ1n) is 14.2. The molecule has 0 saturated carbocycles. The summed E-state index contributed by atoms with van der Waals surface area (Å²) in [6.07, 6.45) is -0.821. The fourth-order valence-electron chi connectivity index (χ4n) is 1.82. The number of hydrazine groups is 1. The molecule has 1 rings (SSSR count). The average molecular weight is 780 g/mol. The standard InChI is InChI=1S/C14H26N2O5.C5H11NO.C4H6O3S.C4H8O2.CH3F.Cl2OS/c1-10(9-17)8-16(12(19)21-14(5,6)7)15-11(18)20-13(2,3)4;1-5(4-7)2-3-6;1-4-2-6-8(5)7-3-4;1-4(2-5)3-6;1-2;1-4(2)3/h17H,1,8-9H2,2-7H3,(H,15,18);7H,1-4,6H2;1-3H2;5-6H,1-3H2;1H3;/i;;;;1D;. The zero-order chi connectivity index (χ0) is 39.8. The summed E-state index contributed by atoms with van der Waals surface area (Å²) in [4.78, 5) is 23.8. The smallest absolute Gasteiger partial charge is 0.429 e. The van der Waals surface area contributed by atoms with Gasteiger partial charge in [-0.1, -0.05) is 31.9 Å². The molecule has 48 heavy (non-hydrogen) atoms. The molecule has 7 N–H and O–H groups in total. The summed E-state index contributed by atoms with van der Waals surface area (Å²) >= 11 is -1.52. The second-order valence-corrected chi connectivity index (χ2v) is 14.2. The molecule has 0 radical (unpaired) electrons. The van der Waals surface area contributed by atoms with Gasteiger partial charge in [0.25, 0.3) is 0 Å². The van der Waals surface area contributed by atoms with Crippen LogP contribution in [0, 0.1) is 0 Å². The van der Waals surface area contributed by atoms with Crippen LogP contribution < -0.4 is 11.2 Å². The number of hydrogen-bond donors (Lipinski definition) is 6. The van der Waals surface area contributed by atoms with Crippen LogP contribution in [-0.4, -0.2) is 117 Å². The highest BCUT2D eigenvalue weighted by atomic mass is 36.0. The number of nitrogens with one attached hydrogen (secondary N) is 1. The molecule has 1 aliphatic heterocycles. The van der Waals surface area contributed by atoms with Crippen molar-refractivity contribution in [1.29, 1.82) is 0 Å². The number of aliphatic hydroxyl groups excluding tert-OH is 4. The van der Waals surface area contributed by atoms with Gasteiger partial charge < -0.3 is 35.6 Å². The van der Waals surface area contributed by atoms with E-state index in [-0.39, 0.29) is 33.0 Å². The minimum absolute atomic E-state index is 0.0667. The number of alkyl halides is 1. The number of carbonyl (C=O) groups excluding carboxylic acids is 2. The highest BCUT2D eigenvalue weighted by Gasteiger charge is 2.26. The van der Waals surface area contributed by atoms with Crippen molar-refractivity contribution in [2.75, 3.05) is 59.9 Å². The van der Waals surface area contributed by atoms with Gasteiger partial charge in [-0.3, -0.25) is 12.8 Å². The lowest BCUT2D eigenvalue weighted by Crippen LogP contribution is -2.50. The third-order valence-corrected chi connectivity index (χ3v) is 4.35. The van der Waals surface area contributed by atoms with Crippen LogP contribution >= 0.6 is 21.4 Å². The van der Waals surface area contributed by atoms with Crippen LogP contribution in [0.2, 0.25) is 0 Å². The Labute approximate surface area is 299 Å². The van der Waals surface area contributed by atoms with E-state index in [2.05, 4.69) is 61.5 Å². The molecule has 0 aromatic rings. The van der Waals surface area contributed by atoms with E-state index >= 15 is 0 Å². The molecule has 0 spiro atoms. The highest BCUT2D eigenvalue weighted by Crippen LogP contribution is 2.11. The van der Waals surface area contributed by atoms with Crippen LogP contribution in [0.4, 0.5) is 14.0 Å². The Morgan fingerprint density at radius 3 is 1.60 bits per heavy atom. The molecule has 15 nitrogen and oxygen atoms in total. The summed E-state index contributed by atoms with van der Waals surface area (Å²) in [5.41, 5.74) is 8.44. The first kappa shape index (κ1) is 52.8. The minimum atomic E-state index is -1.67. The number of rotatable bonds is 8. The van der Waals surface area contributed by atoms with Gasteiger partial charge in [-0.2, -0.15) is 4.21 Å². The Morgan fingerprint density at radius 2 is 1.35 bits per heavy atom. The largest absolute Gasteiger partial charge is 0.443 e. The van der Waals surface area contributed by atoms with Gasteiger partial charge in [0.2, 0.25) is 9.23 Å². The van der Waals surface area contributed by atoms with Gasteiger partial charge >= 0.3 is 23.5 Å². The molecule has 1 aliphatic rings. The maximum Gasteiger partial charge on any atom is 0.429 e. The van der Waals surface area contributed by atoms with Gasteiger partial charge in [0.1, 0.15) is 11.2 Å². The molecule has 1 heterocycles. The molecule has 0 aromatic heterocycles. The molecule has 1 saturated heterocycles. The van der Waals surface area contributed by atoms with Gasteiger partial charge in [-0.05, 0) is 71.2 Å². The molecular weight excluding hydrogens is 724 g/mol. The third-order valence-electron chi connectivity index (χ3n) is 3.73. The fourth-order valence-corrected chi connectivity index (χ4v) is 2.42. The monoisotopic (exact) mass is 778 g/mol. The van der Waals surface area contributed by atoms with Crippen LogP contribution in [0.5, 0.6) is 0 Å². The van der Waals surface area contributed by atoms with E-state index in [0.717, 1.165) is 22.6 Å². The number of amides is 2. The summed E-state index contributed by atoms with van der Waals surface area (Å²) in [5, 5.41) is 34.4. The number of nitrogens with two attached hydrogens (primary N) is 1. The Balaban J connectivity index is -0.000000188. The summed E-state index contributed by atoms with van der Waals surface area (Å²) in [6.45, 7) is 24.9. The van der Waals surface area contributed by atoms with Crippen LogP contribution in [0.1, 0.15) is 49.3 Å². The summed E-state index contributed by atoms with van der Waals surface area (Å²) in [7, 11) is 6.36. The SMILES string of the molecule is C=C(CO)CCN.C=C(CO)CN(NC(=O)OC(C)(C)C)C(=O)OC(C)(C)C.C=C(CO)CO.C=C1COS(=O)OC1.O=S(Cl)Cl.[2H]CF. The van der Waals surface area contributed by atoms with Crippen LogP contribution in [-0.2, 0) is 38.4 Å². The van der Waals surface area contributed by atoms with E-state index in [1.165, 1.54) is 0 Å². The lowest BCUT2D eigenvalue weighted by Gasteiger charge is -2.29. The van der Waals surface area contributed by atoms with Crippen LogP contribution in [0.25, 0.3) is 0 Å². The molecule has 0 bridgehead atoms. The zero-order valence-corrected chi connectivity index (χ0v) is 31.6.